The number of benzene rings is 1. The largest absolute Gasteiger partial charge is 0.464 e. The minimum absolute atomic E-state index is 0.0787. The molecule has 1 amide bonds. The SMILES string of the molecule is CCCCCCOC(=O)C(NC(=O)c1cc(C(F)(F)F)ccc1C(F)(F)F)C(C)C. The molecular weight excluding hydrogens is 416 g/mol. The zero-order chi connectivity index (χ0) is 23.1. The van der Waals surface area contributed by atoms with E-state index >= 15 is 0 Å². The molecule has 1 unspecified atom stereocenters. The minimum Gasteiger partial charge on any atom is -0.464 e. The highest BCUT2D eigenvalue weighted by molar-refractivity contribution is 5.98. The van der Waals surface area contributed by atoms with Gasteiger partial charge in [-0.05, 0) is 30.5 Å². The van der Waals surface area contributed by atoms with Gasteiger partial charge in [0.2, 0.25) is 0 Å². The van der Waals surface area contributed by atoms with Crippen LogP contribution in [0.2, 0.25) is 0 Å². The summed E-state index contributed by atoms with van der Waals surface area (Å²) in [5.74, 6) is -2.84. The number of halogens is 6. The molecule has 0 saturated carbocycles. The third-order valence-electron chi connectivity index (χ3n) is 4.35. The number of hydrogen-bond donors (Lipinski definition) is 1. The molecule has 0 aliphatic rings. The van der Waals surface area contributed by atoms with Crippen LogP contribution >= 0.6 is 0 Å². The van der Waals surface area contributed by atoms with Crippen LogP contribution in [-0.4, -0.2) is 24.5 Å². The normalized spacial score (nSPS) is 13.3. The van der Waals surface area contributed by atoms with Gasteiger partial charge in [-0.1, -0.05) is 40.0 Å². The van der Waals surface area contributed by atoms with E-state index in [1.807, 2.05) is 6.92 Å². The summed E-state index contributed by atoms with van der Waals surface area (Å²) in [6.07, 6.45) is -6.67. The molecule has 1 atom stereocenters. The molecule has 0 bridgehead atoms. The van der Waals surface area contributed by atoms with Crippen LogP contribution in [0.4, 0.5) is 26.3 Å². The second kappa shape index (κ2) is 10.7. The highest BCUT2D eigenvalue weighted by atomic mass is 19.4. The number of rotatable bonds is 9. The van der Waals surface area contributed by atoms with Crippen LogP contribution < -0.4 is 5.32 Å². The molecule has 0 heterocycles. The summed E-state index contributed by atoms with van der Waals surface area (Å²) in [7, 11) is 0. The highest BCUT2D eigenvalue weighted by Gasteiger charge is 2.39. The number of hydrogen-bond acceptors (Lipinski definition) is 3. The van der Waals surface area contributed by atoms with E-state index in [9.17, 15) is 35.9 Å². The number of nitrogens with one attached hydrogen (secondary N) is 1. The highest BCUT2D eigenvalue weighted by Crippen LogP contribution is 2.36. The second-order valence-corrected chi connectivity index (χ2v) is 7.18. The summed E-state index contributed by atoms with van der Waals surface area (Å²) in [4.78, 5) is 24.7. The maximum Gasteiger partial charge on any atom is 0.417 e. The van der Waals surface area contributed by atoms with Crippen molar-refractivity contribution in [2.45, 2.75) is 64.8 Å². The van der Waals surface area contributed by atoms with Crippen LogP contribution in [-0.2, 0) is 21.9 Å². The monoisotopic (exact) mass is 441 g/mol. The van der Waals surface area contributed by atoms with Crippen molar-refractivity contribution < 1.29 is 40.7 Å². The van der Waals surface area contributed by atoms with Gasteiger partial charge in [0.15, 0.2) is 0 Å². The van der Waals surface area contributed by atoms with Crippen LogP contribution in [0.1, 0.15) is 67.9 Å². The molecule has 0 fully saturated rings. The lowest BCUT2D eigenvalue weighted by Crippen LogP contribution is -2.45. The van der Waals surface area contributed by atoms with Gasteiger partial charge in [-0.2, -0.15) is 26.3 Å². The van der Waals surface area contributed by atoms with E-state index < -0.39 is 52.9 Å². The number of unbranched alkanes of at least 4 members (excludes halogenated alkanes) is 3. The Hall–Kier alpha value is -2.26. The van der Waals surface area contributed by atoms with Crippen molar-refractivity contribution >= 4 is 11.9 Å². The van der Waals surface area contributed by atoms with Crippen molar-refractivity contribution in [2.75, 3.05) is 6.61 Å². The van der Waals surface area contributed by atoms with Gasteiger partial charge in [-0.15, -0.1) is 0 Å². The number of esters is 1. The van der Waals surface area contributed by atoms with Gasteiger partial charge in [-0.25, -0.2) is 4.79 Å². The summed E-state index contributed by atoms with van der Waals surface area (Å²) in [5.41, 5.74) is -4.14. The topological polar surface area (TPSA) is 55.4 Å². The third-order valence-corrected chi connectivity index (χ3v) is 4.35. The van der Waals surface area contributed by atoms with Crippen molar-refractivity contribution in [1.29, 1.82) is 0 Å². The fourth-order valence-electron chi connectivity index (χ4n) is 2.66. The zero-order valence-electron chi connectivity index (χ0n) is 16.9. The first-order valence-electron chi connectivity index (χ1n) is 9.55. The van der Waals surface area contributed by atoms with E-state index in [0.717, 1.165) is 19.3 Å². The lowest BCUT2D eigenvalue weighted by Gasteiger charge is -2.22. The van der Waals surface area contributed by atoms with Crippen LogP contribution in [0.3, 0.4) is 0 Å². The number of carbonyl (C=O) groups is 2. The maximum atomic E-state index is 13.2. The van der Waals surface area contributed by atoms with Gasteiger partial charge < -0.3 is 10.1 Å². The van der Waals surface area contributed by atoms with Gasteiger partial charge in [-0.3, -0.25) is 4.79 Å². The van der Waals surface area contributed by atoms with Gasteiger partial charge in [0.1, 0.15) is 6.04 Å². The third kappa shape index (κ3) is 7.53. The molecule has 1 N–H and O–H groups in total. The average Bonchev–Trinajstić information content (AvgIpc) is 2.63. The molecular formula is C20H25F6NO3. The minimum atomic E-state index is -5.05. The first kappa shape index (κ1) is 25.8. The van der Waals surface area contributed by atoms with Crippen LogP contribution in [0, 0.1) is 5.92 Å². The molecule has 0 spiro atoms. The standard InChI is InChI=1S/C20H25F6NO3/c1-4-5-6-7-10-30-18(29)16(12(2)3)27-17(28)14-11-13(19(21,22)23)8-9-15(14)20(24,25)26/h8-9,11-12,16H,4-7,10H2,1-3H3,(H,27,28). The quantitative estimate of drug-likeness (QED) is 0.308. The molecule has 0 aromatic heterocycles. The predicted molar refractivity (Wildman–Crippen MR) is 97.6 cm³/mol. The molecule has 1 aromatic rings. The van der Waals surface area contributed by atoms with Gasteiger partial charge >= 0.3 is 18.3 Å². The molecule has 0 radical (unpaired) electrons. The number of amides is 1. The molecule has 1 aromatic carbocycles. The Bertz CT molecular complexity index is 728. The van der Waals surface area contributed by atoms with Crippen LogP contribution in [0.5, 0.6) is 0 Å². The van der Waals surface area contributed by atoms with E-state index in [2.05, 4.69) is 5.32 Å². The molecule has 4 nitrogen and oxygen atoms in total. The average molecular weight is 441 g/mol. The maximum absolute atomic E-state index is 13.2. The van der Waals surface area contributed by atoms with E-state index in [4.69, 9.17) is 4.74 Å². The summed E-state index contributed by atoms with van der Waals surface area (Å²) >= 11 is 0. The van der Waals surface area contributed by atoms with Crippen LogP contribution in [0.15, 0.2) is 18.2 Å². The van der Waals surface area contributed by atoms with Gasteiger partial charge in [0.05, 0.1) is 23.3 Å². The predicted octanol–water partition coefficient (Wildman–Crippen LogP) is 5.60. The Morgan fingerprint density at radius 3 is 2.13 bits per heavy atom. The first-order valence-corrected chi connectivity index (χ1v) is 9.55. The van der Waals surface area contributed by atoms with E-state index in [0.29, 0.717) is 6.42 Å². The van der Waals surface area contributed by atoms with Gasteiger partial charge in [0, 0.05) is 0 Å². The van der Waals surface area contributed by atoms with Crippen molar-refractivity contribution in [3.63, 3.8) is 0 Å². The first-order chi connectivity index (χ1) is 13.8. The number of ether oxygens (including phenoxy) is 1. The Labute approximate surface area is 171 Å². The van der Waals surface area contributed by atoms with Crippen molar-refractivity contribution in [2.24, 2.45) is 5.92 Å². The van der Waals surface area contributed by atoms with Crippen LogP contribution in [0.25, 0.3) is 0 Å². The molecule has 10 heteroatoms. The smallest absolute Gasteiger partial charge is 0.417 e. The molecule has 30 heavy (non-hydrogen) atoms. The summed E-state index contributed by atoms with van der Waals surface area (Å²) in [6, 6.07) is -0.719. The van der Waals surface area contributed by atoms with E-state index in [1.54, 1.807) is 0 Å². The second-order valence-electron chi connectivity index (χ2n) is 7.18. The Kier molecular flexibility index (Phi) is 9.17. The zero-order valence-corrected chi connectivity index (χ0v) is 16.9. The molecule has 170 valence electrons. The van der Waals surface area contributed by atoms with E-state index in [1.165, 1.54) is 13.8 Å². The van der Waals surface area contributed by atoms with E-state index in [-0.39, 0.29) is 24.8 Å². The summed E-state index contributed by atoms with van der Waals surface area (Å²) in [6.45, 7) is 5.13. The Morgan fingerprint density at radius 1 is 1.00 bits per heavy atom. The lowest BCUT2D eigenvalue weighted by molar-refractivity contribution is -0.147. The molecule has 0 saturated heterocycles. The fraction of sp³-hybridized carbons (Fsp3) is 0.600. The summed E-state index contributed by atoms with van der Waals surface area (Å²) < 4.78 is 83.4. The summed E-state index contributed by atoms with van der Waals surface area (Å²) in [5, 5.41) is 2.09. The Balaban J connectivity index is 3.07. The van der Waals surface area contributed by atoms with Crippen molar-refractivity contribution in [3.05, 3.63) is 34.9 Å². The lowest BCUT2D eigenvalue weighted by atomic mass is 10.00. The number of alkyl halides is 6. The molecule has 0 aliphatic heterocycles. The van der Waals surface area contributed by atoms with Gasteiger partial charge in [0.25, 0.3) is 5.91 Å². The van der Waals surface area contributed by atoms with Crippen molar-refractivity contribution in [3.8, 4) is 0 Å². The molecule has 0 aliphatic carbocycles. The number of carbonyl (C=O) groups excluding carboxylic acids is 2. The Morgan fingerprint density at radius 2 is 1.63 bits per heavy atom. The van der Waals surface area contributed by atoms with Crippen molar-refractivity contribution in [1.82, 2.24) is 5.32 Å². The molecule has 1 rings (SSSR count). The fourth-order valence-corrected chi connectivity index (χ4v) is 2.66.